The Balaban J connectivity index is 2.11. The van der Waals surface area contributed by atoms with Gasteiger partial charge in [0.05, 0.1) is 11.7 Å². The monoisotopic (exact) mass is 220 g/mol. The van der Waals surface area contributed by atoms with Crippen LogP contribution in [0.15, 0.2) is 23.8 Å². The maximum atomic E-state index is 5.82. The van der Waals surface area contributed by atoms with Crippen LogP contribution in [0.3, 0.4) is 0 Å². The summed E-state index contributed by atoms with van der Waals surface area (Å²) < 4.78 is 5.82. The molecule has 2 atom stereocenters. The Hall–Kier alpha value is -0.560. The molecule has 1 aliphatic heterocycles. The van der Waals surface area contributed by atoms with Crippen LogP contribution in [0.1, 0.15) is 53.4 Å². The molecule has 0 amide bonds. The second-order valence-electron chi connectivity index (χ2n) is 6.31. The molecule has 2 rings (SSSR count). The Morgan fingerprint density at radius 3 is 2.75 bits per heavy atom. The molecule has 0 aromatic rings. The highest BCUT2D eigenvalue weighted by Crippen LogP contribution is 2.43. The number of ether oxygens (including phenoxy) is 1. The average Bonchev–Trinajstić information content (AvgIpc) is 2.82. The minimum Gasteiger partial charge on any atom is -0.366 e. The Labute approximate surface area is 99.6 Å². The van der Waals surface area contributed by atoms with Crippen molar-refractivity contribution in [1.82, 2.24) is 0 Å². The molecule has 1 saturated heterocycles. The van der Waals surface area contributed by atoms with E-state index in [2.05, 4.69) is 45.9 Å². The minimum atomic E-state index is 0.136. The zero-order chi connectivity index (χ0) is 11.8. The van der Waals surface area contributed by atoms with Gasteiger partial charge in [0.15, 0.2) is 0 Å². The summed E-state index contributed by atoms with van der Waals surface area (Å²) in [7, 11) is 0. The molecule has 1 heteroatoms. The van der Waals surface area contributed by atoms with E-state index in [-0.39, 0.29) is 11.0 Å². The van der Waals surface area contributed by atoms with Gasteiger partial charge in [-0.15, -0.1) is 0 Å². The van der Waals surface area contributed by atoms with Gasteiger partial charge in [-0.1, -0.05) is 37.6 Å². The molecule has 0 bridgehead atoms. The largest absolute Gasteiger partial charge is 0.366 e. The number of allylic oxidation sites excluding steroid dienone is 3. The average molecular weight is 220 g/mol. The molecule has 1 heterocycles. The molecular formula is C15H24O. The summed E-state index contributed by atoms with van der Waals surface area (Å²) in [5, 5.41) is 0. The molecule has 16 heavy (non-hydrogen) atoms. The first-order valence-corrected chi connectivity index (χ1v) is 6.42. The second kappa shape index (κ2) is 4.03. The molecule has 90 valence electrons. The molecule has 0 N–H and O–H groups in total. The van der Waals surface area contributed by atoms with Gasteiger partial charge in [-0.05, 0) is 44.9 Å². The van der Waals surface area contributed by atoms with Crippen LogP contribution >= 0.6 is 0 Å². The standard InChI is InChI=1S/C15H24O/c1-12-6-7-13-15(4,16-13)10-5-9-14(2,3)11-8-12/h5,8-9,13H,6-7,10-11H2,1-4H3/b9-5+,12-8-/t13-,15-/m1/s1. The predicted octanol–water partition coefficient (Wildman–Crippen LogP) is 4.25. The van der Waals surface area contributed by atoms with Crippen molar-refractivity contribution in [3.63, 3.8) is 0 Å². The van der Waals surface area contributed by atoms with E-state index in [4.69, 9.17) is 4.74 Å². The van der Waals surface area contributed by atoms with Crippen molar-refractivity contribution in [2.45, 2.75) is 65.1 Å². The van der Waals surface area contributed by atoms with Gasteiger partial charge in [-0.2, -0.15) is 0 Å². The van der Waals surface area contributed by atoms with Gasteiger partial charge in [0, 0.05) is 0 Å². The fraction of sp³-hybridized carbons (Fsp3) is 0.733. The molecule has 0 aromatic carbocycles. The zero-order valence-corrected chi connectivity index (χ0v) is 11.0. The van der Waals surface area contributed by atoms with E-state index in [0.717, 1.165) is 12.8 Å². The van der Waals surface area contributed by atoms with E-state index in [1.165, 1.54) is 18.4 Å². The van der Waals surface area contributed by atoms with E-state index in [1.54, 1.807) is 0 Å². The van der Waals surface area contributed by atoms with Gasteiger partial charge in [0.25, 0.3) is 0 Å². The van der Waals surface area contributed by atoms with Crippen LogP contribution in [0.5, 0.6) is 0 Å². The van der Waals surface area contributed by atoms with Gasteiger partial charge in [0.2, 0.25) is 0 Å². The molecule has 2 aliphatic rings. The zero-order valence-electron chi connectivity index (χ0n) is 11.0. The summed E-state index contributed by atoms with van der Waals surface area (Å²) in [5.41, 5.74) is 1.94. The van der Waals surface area contributed by atoms with Gasteiger partial charge >= 0.3 is 0 Å². The van der Waals surface area contributed by atoms with Crippen molar-refractivity contribution in [1.29, 1.82) is 0 Å². The van der Waals surface area contributed by atoms with Crippen LogP contribution < -0.4 is 0 Å². The first-order chi connectivity index (χ1) is 7.41. The third kappa shape index (κ3) is 2.76. The topological polar surface area (TPSA) is 12.5 Å². The molecule has 1 nitrogen and oxygen atoms in total. The Morgan fingerprint density at radius 1 is 1.25 bits per heavy atom. The summed E-state index contributed by atoms with van der Waals surface area (Å²) in [5.74, 6) is 0. The predicted molar refractivity (Wildman–Crippen MR) is 68.4 cm³/mol. The summed E-state index contributed by atoms with van der Waals surface area (Å²) >= 11 is 0. The van der Waals surface area contributed by atoms with Crippen molar-refractivity contribution < 1.29 is 4.74 Å². The summed E-state index contributed by atoms with van der Waals surface area (Å²) in [6.45, 7) is 9.10. The lowest BCUT2D eigenvalue weighted by Crippen LogP contribution is -2.09. The van der Waals surface area contributed by atoms with E-state index >= 15 is 0 Å². The first kappa shape index (κ1) is 11.9. The SMILES string of the molecule is C/C1=C/CC(C)(C)/C=C/C[C@@]2(C)O[C@@H]2CC1. The third-order valence-corrected chi connectivity index (χ3v) is 3.91. The van der Waals surface area contributed by atoms with Gasteiger partial charge in [0.1, 0.15) is 0 Å². The molecule has 0 aromatic heterocycles. The highest BCUT2D eigenvalue weighted by molar-refractivity contribution is 5.11. The first-order valence-electron chi connectivity index (χ1n) is 6.42. The Morgan fingerprint density at radius 2 is 2.00 bits per heavy atom. The smallest absolute Gasteiger partial charge is 0.0954 e. The van der Waals surface area contributed by atoms with E-state index < -0.39 is 0 Å². The Bertz CT molecular complexity index is 324. The van der Waals surface area contributed by atoms with Crippen LogP contribution in [-0.4, -0.2) is 11.7 Å². The highest BCUT2D eigenvalue weighted by Gasteiger charge is 2.50. The van der Waals surface area contributed by atoms with E-state index in [9.17, 15) is 0 Å². The highest BCUT2D eigenvalue weighted by atomic mass is 16.6. The van der Waals surface area contributed by atoms with Crippen molar-refractivity contribution in [2.75, 3.05) is 0 Å². The summed E-state index contributed by atoms with van der Waals surface area (Å²) in [6.07, 6.45) is 12.2. The maximum Gasteiger partial charge on any atom is 0.0954 e. The van der Waals surface area contributed by atoms with Crippen LogP contribution in [0.25, 0.3) is 0 Å². The van der Waals surface area contributed by atoms with Crippen LogP contribution in [0.4, 0.5) is 0 Å². The number of epoxide rings is 1. The molecule has 0 unspecified atom stereocenters. The van der Waals surface area contributed by atoms with Gasteiger partial charge in [-0.3, -0.25) is 0 Å². The van der Waals surface area contributed by atoms with Crippen LogP contribution in [0, 0.1) is 5.41 Å². The summed E-state index contributed by atoms with van der Waals surface area (Å²) in [6, 6.07) is 0. The molecule has 0 radical (unpaired) electrons. The fourth-order valence-electron chi connectivity index (χ4n) is 2.41. The second-order valence-corrected chi connectivity index (χ2v) is 6.31. The van der Waals surface area contributed by atoms with E-state index in [1.807, 2.05) is 0 Å². The lowest BCUT2D eigenvalue weighted by molar-refractivity contribution is 0.306. The minimum absolute atomic E-state index is 0.136. The number of fused-ring (bicyclic) bond motifs is 1. The van der Waals surface area contributed by atoms with Gasteiger partial charge in [-0.25, -0.2) is 0 Å². The lowest BCUT2D eigenvalue weighted by atomic mass is 9.87. The van der Waals surface area contributed by atoms with Crippen LogP contribution in [-0.2, 0) is 4.74 Å². The molecule has 1 fully saturated rings. The number of hydrogen-bond acceptors (Lipinski definition) is 1. The maximum absolute atomic E-state index is 5.82. The summed E-state index contributed by atoms with van der Waals surface area (Å²) in [4.78, 5) is 0. The van der Waals surface area contributed by atoms with Crippen molar-refractivity contribution in [3.8, 4) is 0 Å². The third-order valence-electron chi connectivity index (χ3n) is 3.91. The normalized spacial score (nSPS) is 43.5. The molecule has 0 saturated carbocycles. The fourth-order valence-corrected chi connectivity index (χ4v) is 2.41. The van der Waals surface area contributed by atoms with Crippen molar-refractivity contribution in [2.24, 2.45) is 5.41 Å². The lowest BCUT2D eigenvalue weighted by Gasteiger charge is -2.18. The molecule has 1 aliphatic carbocycles. The Kier molecular flexibility index (Phi) is 3.00. The number of hydrogen-bond donors (Lipinski definition) is 0. The number of rotatable bonds is 0. The van der Waals surface area contributed by atoms with Gasteiger partial charge < -0.3 is 4.74 Å². The van der Waals surface area contributed by atoms with E-state index in [0.29, 0.717) is 6.10 Å². The molecular weight excluding hydrogens is 196 g/mol. The van der Waals surface area contributed by atoms with Crippen LogP contribution in [0.2, 0.25) is 0 Å². The quantitative estimate of drug-likeness (QED) is 0.439. The van der Waals surface area contributed by atoms with Crippen molar-refractivity contribution >= 4 is 0 Å². The molecule has 0 spiro atoms. The van der Waals surface area contributed by atoms with Crippen molar-refractivity contribution in [3.05, 3.63) is 23.8 Å².